The molecule has 0 aliphatic rings. The van der Waals surface area contributed by atoms with Crippen molar-refractivity contribution in [3.05, 3.63) is 111 Å². The van der Waals surface area contributed by atoms with Gasteiger partial charge in [-0.1, -0.05) is 59.8 Å². The minimum Gasteiger partial charge on any atom is -0.384 e. The molecule has 4 aromatic rings. The topological polar surface area (TPSA) is 157 Å². The molecule has 0 atom stereocenters. The van der Waals surface area contributed by atoms with Crippen molar-refractivity contribution in [2.24, 2.45) is 5.73 Å². The molecule has 0 bridgehead atoms. The number of nitrogens with one attached hydrogen (secondary N) is 2. The molecule has 2 heterocycles. The molecule has 4 rings (SSSR count). The van der Waals surface area contributed by atoms with E-state index in [2.05, 4.69) is 14.9 Å². The first-order chi connectivity index (χ1) is 16.7. The third kappa shape index (κ3) is 6.01. The highest BCUT2D eigenvalue weighted by molar-refractivity contribution is 7.91. The van der Waals surface area contributed by atoms with Gasteiger partial charge in [0.25, 0.3) is 5.56 Å². The molecule has 0 amide bonds. The van der Waals surface area contributed by atoms with Crippen molar-refractivity contribution in [1.29, 1.82) is 5.41 Å². The van der Waals surface area contributed by atoms with Crippen molar-refractivity contribution in [3.63, 3.8) is 0 Å². The summed E-state index contributed by atoms with van der Waals surface area (Å²) in [6.07, 6.45) is 0.398. The fourth-order valence-electron chi connectivity index (χ4n) is 3.49. The molecule has 35 heavy (non-hydrogen) atoms. The standard InChI is InChI=1S/C24H24N6O4S/c1-16-7-12-20(29-35(32,33)15-18-5-3-2-4-6-18)24(31)30(16)14-22-27-21(28-34-22)13-17-8-10-19(11-9-17)23(25)26/h2-12,29H,13-15H2,1H3,(H3,25,26). The van der Waals surface area contributed by atoms with Crippen molar-refractivity contribution >= 4 is 21.5 Å². The molecule has 0 fully saturated rings. The van der Waals surface area contributed by atoms with Crippen LogP contribution in [0.5, 0.6) is 0 Å². The maximum absolute atomic E-state index is 13.0. The van der Waals surface area contributed by atoms with Gasteiger partial charge in [0.2, 0.25) is 15.9 Å². The van der Waals surface area contributed by atoms with Crippen molar-refractivity contribution in [2.75, 3.05) is 4.72 Å². The van der Waals surface area contributed by atoms with Crippen LogP contribution in [-0.2, 0) is 28.7 Å². The number of anilines is 1. The predicted molar refractivity (Wildman–Crippen MR) is 132 cm³/mol. The molecule has 11 heteroatoms. The number of nitrogens with two attached hydrogens (primary N) is 1. The van der Waals surface area contributed by atoms with E-state index in [1.54, 1.807) is 55.5 Å². The van der Waals surface area contributed by atoms with Crippen LogP contribution in [0.4, 0.5) is 5.69 Å². The maximum atomic E-state index is 13.0. The third-order valence-electron chi connectivity index (χ3n) is 5.29. The molecule has 180 valence electrons. The van der Waals surface area contributed by atoms with Crippen LogP contribution in [0, 0.1) is 12.3 Å². The van der Waals surface area contributed by atoms with Crippen LogP contribution in [0.25, 0.3) is 0 Å². The number of nitrogens with zero attached hydrogens (tertiary/aromatic N) is 3. The van der Waals surface area contributed by atoms with E-state index in [4.69, 9.17) is 15.7 Å². The first kappa shape index (κ1) is 23.9. The Morgan fingerprint density at radius 1 is 1.06 bits per heavy atom. The molecule has 0 saturated carbocycles. The van der Waals surface area contributed by atoms with Crippen LogP contribution in [0.1, 0.15) is 34.1 Å². The van der Waals surface area contributed by atoms with Gasteiger partial charge >= 0.3 is 0 Å². The Kier molecular flexibility index (Phi) is 6.78. The number of hydrogen-bond donors (Lipinski definition) is 3. The Balaban J connectivity index is 1.49. The van der Waals surface area contributed by atoms with E-state index in [0.717, 1.165) is 5.56 Å². The number of amidine groups is 1. The van der Waals surface area contributed by atoms with Crippen LogP contribution < -0.4 is 16.0 Å². The lowest BCUT2D eigenvalue weighted by atomic mass is 10.1. The fourth-order valence-corrected chi connectivity index (χ4v) is 4.68. The summed E-state index contributed by atoms with van der Waals surface area (Å²) in [7, 11) is -3.79. The fraction of sp³-hybridized carbons (Fsp3) is 0.167. The second-order valence-electron chi connectivity index (χ2n) is 8.02. The van der Waals surface area contributed by atoms with E-state index in [-0.39, 0.29) is 29.7 Å². The van der Waals surface area contributed by atoms with Gasteiger partial charge in [-0.2, -0.15) is 4.98 Å². The smallest absolute Gasteiger partial charge is 0.275 e. The highest BCUT2D eigenvalue weighted by atomic mass is 32.2. The molecule has 0 saturated heterocycles. The van der Waals surface area contributed by atoms with E-state index in [0.29, 0.717) is 29.1 Å². The summed E-state index contributed by atoms with van der Waals surface area (Å²) in [4.78, 5) is 17.4. The summed E-state index contributed by atoms with van der Waals surface area (Å²) < 4.78 is 34.3. The van der Waals surface area contributed by atoms with Crippen LogP contribution in [0.3, 0.4) is 0 Å². The minimum absolute atomic E-state index is 0.00477. The monoisotopic (exact) mass is 492 g/mol. The zero-order valence-electron chi connectivity index (χ0n) is 18.9. The molecule has 0 spiro atoms. The number of benzene rings is 2. The number of sulfonamides is 1. The van der Waals surface area contributed by atoms with Crippen molar-refractivity contribution in [3.8, 4) is 0 Å². The molecule has 0 aliphatic heterocycles. The Labute approximate surface area is 202 Å². The molecule has 10 nitrogen and oxygen atoms in total. The summed E-state index contributed by atoms with van der Waals surface area (Å²) in [6.45, 7) is 1.73. The Morgan fingerprint density at radius 2 is 1.77 bits per heavy atom. The van der Waals surface area contributed by atoms with Crippen LogP contribution in [0.15, 0.2) is 76.0 Å². The lowest BCUT2D eigenvalue weighted by molar-refractivity contribution is 0.364. The molecular formula is C24H24N6O4S. The number of nitrogen functional groups attached to an aromatic ring is 1. The summed E-state index contributed by atoms with van der Waals surface area (Å²) >= 11 is 0. The average molecular weight is 493 g/mol. The summed E-state index contributed by atoms with van der Waals surface area (Å²) in [5.41, 5.74) is 7.66. The maximum Gasteiger partial charge on any atom is 0.275 e. The van der Waals surface area contributed by atoms with Crippen molar-refractivity contribution < 1.29 is 12.9 Å². The van der Waals surface area contributed by atoms with E-state index in [9.17, 15) is 13.2 Å². The molecule has 0 unspecified atom stereocenters. The summed E-state index contributed by atoms with van der Waals surface area (Å²) in [5.74, 6) is 0.390. The molecule has 4 N–H and O–H groups in total. The van der Waals surface area contributed by atoms with Crippen molar-refractivity contribution in [2.45, 2.75) is 25.6 Å². The average Bonchev–Trinajstić information content (AvgIpc) is 3.26. The number of hydrogen-bond acceptors (Lipinski definition) is 7. The number of pyridine rings is 1. The summed E-state index contributed by atoms with van der Waals surface area (Å²) in [6, 6.07) is 18.9. The van der Waals surface area contributed by atoms with Crippen LogP contribution in [0.2, 0.25) is 0 Å². The van der Waals surface area contributed by atoms with Gasteiger partial charge in [-0.3, -0.25) is 14.9 Å². The number of aryl methyl sites for hydroxylation is 1. The first-order valence-electron chi connectivity index (χ1n) is 10.7. The third-order valence-corrected chi connectivity index (χ3v) is 6.53. The van der Waals surface area contributed by atoms with E-state index in [1.807, 2.05) is 12.1 Å². The van der Waals surface area contributed by atoms with Gasteiger partial charge in [0, 0.05) is 17.7 Å². The number of rotatable bonds is 9. The molecule has 2 aromatic carbocycles. The van der Waals surface area contributed by atoms with Crippen LogP contribution >= 0.6 is 0 Å². The lowest BCUT2D eigenvalue weighted by Gasteiger charge is -2.12. The highest BCUT2D eigenvalue weighted by Gasteiger charge is 2.17. The van der Waals surface area contributed by atoms with Gasteiger partial charge in [-0.05, 0) is 30.2 Å². The second kappa shape index (κ2) is 9.94. The highest BCUT2D eigenvalue weighted by Crippen LogP contribution is 2.13. The van der Waals surface area contributed by atoms with Gasteiger partial charge in [0.05, 0.1) is 5.75 Å². The molecular weight excluding hydrogens is 468 g/mol. The second-order valence-corrected chi connectivity index (χ2v) is 9.74. The predicted octanol–water partition coefficient (Wildman–Crippen LogP) is 2.40. The normalized spacial score (nSPS) is 11.3. The summed E-state index contributed by atoms with van der Waals surface area (Å²) in [5, 5.41) is 11.4. The molecule has 2 aromatic heterocycles. The first-order valence-corrected chi connectivity index (χ1v) is 12.3. The van der Waals surface area contributed by atoms with Gasteiger partial charge < -0.3 is 14.8 Å². The quantitative estimate of drug-likeness (QED) is 0.239. The number of aromatic nitrogens is 3. The Morgan fingerprint density at radius 3 is 2.46 bits per heavy atom. The molecule has 0 aliphatic carbocycles. The van der Waals surface area contributed by atoms with Gasteiger partial charge in [0.1, 0.15) is 18.1 Å². The van der Waals surface area contributed by atoms with E-state index >= 15 is 0 Å². The van der Waals surface area contributed by atoms with E-state index in [1.165, 1.54) is 10.6 Å². The Bertz CT molecular complexity index is 1510. The van der Waals surface area contributed by atoms with Gasteiger partial charge in [-0.15, -0.1) is 0 Å². The largest absolute Gasteiger partial charge is 0.384 e. The zero-order chi connectivity index (χ0) is 25.0. The van der Waals surface area contributed by atoms with Gasteiger partial charge in [0.15, 0.2) is 5.82 Å². The van der Waals surface area contributed by atoms with Crippen LogP contribution in [-0.4, -0.2) is 29.0 Å². The minimum atomic E-state index is -3.79. The molecule has 0 radical (unpaired) electrons. The van der Waals surface area contributed by atoms with E-state index < -0.39 is 15.6 Å². The SMILES string of the molecule is Cc1ccc(NS(=O)(=O)Cc2ccccc2)c(=O)n1Cc1nc(Cc2ccc(C(=N)N)cc2)no1. The van der Waals surface area contributed by atoms with Crippen molar-refractivity contribution in [1.82, 2.24) is 14.7 Å². The van der Waals surface area contributed by atoms with Gasteiger partial charge in [-0.25, -0.2) is 8.42 Å². The Hall–Kier alpha value is -4.25. The lowest BCUT2D eigenvalue weighted by Crippen LogP contribution is -2.28. The zero-order valence-corrected chi connectivity index (χ0v) is 19.7.